The van der Waals surface area contributed by atoms with E-state index in [0.29, 0.717) is 17.1 Å². The first-order chi connectivity index (χ1) is 11.3. The minimum atomic E-state index is -0.510. The Morgan fingerprint density at radius 2 is 1.28 bits per heavy atom. The lowest BCUT2D eigenvalue weighted by Crippen LogP contribution is -2.43. The van der Waals surface area contributed by atoms with E-state index in [0.717, 1.165) is 18.8 Å². The van der Waals surface area contributed by atoms with Gasteiger partial charge in [0, 0.05) is 11.1 Å². The molecule has 0 rings (SSSR count). The van der Waals surface area contributed by atoms with Crippen LogP contribution >= 0.6 is 0 Å². The Balaban J connectivity index is 5.54. The van der Waals surface area contributed by atoms with Crippen molar-refractivity contribution in [2.24, 2.45) is 11.3 Å². The Labute approximate surface area is 153 Å². The number of ether oxygens (including phenoxy) is 2. The minimum Gasteiger partial charge on any atom is -0.459 e. The number of rotatable bonds is 10. The highest BCUT2D eigenvalue weighted by molar-refractivity contribution is 5.87. The molecule has 0 aliphatic rings. The molecule has 0 heterocycles. The summed E-state index contributed by atoms with van der Waals surface area (Å²) in [6.45, 7) is 24.3. The van der Waals surface area contributed by atoms with Crippen LogP contribution in [0.5, 0.6) is 0 Å². The van der Waals surface area contributed by atoms with E-state index in [-0.39, 0.29) is 5.41 Å². The summed E-state index contributed by atoms with van der Waals surface area (Å²) >= 11 is 0. The summed E-state index contributed by atoms with van der Waals surface area (Å²) in [5.74, 6) is 0.337. The molecular weight excluding hydrogens is 316 g/mol. The molecule has 0 aliphatic carbocycles. The standard InChI is InChI=1S/C21H34O4/c1-11-15(6)12-21(9,10)18(16(7)24-19(22)13(2)3)17(8)25-20(23)14(4)5/h15-17H,1-2,4,11-12H2,3,5-10H3. The van der Waals surface area contributed by atoms with Crippen LogP contribution in [0.3, 0.4) is 0 Å². The maximum absolute atomic E-state index is 11.9. The molecule has 25 heavy (non-hydrogen) atoms. The Hall–Kier alpha value is -1.58. The van der Waals surface area contributed by atoms with Crippen molar-refractivity contribution in [2.45, 2.75) is 73.5 Å². The van der Waals surface area contributed by atoms with E-state index in [9.17, 15) is 9.59 Å². The van der Waals surface area contributed by atoms with Crippen LogP contribution in [0.2, 0.25) is 0 Å². The Morgan fingerprint density at radius 1 is 0.920 bits per heavy atom. The Morgan fingerprint density at radius 3 is 1.56 bits per heavy atom. The Bertz CT molecular complexity index is 470. The maximum Gasteiger partial charge on any atom is 0.333 e. The largest absolute Gasteiger partial charge is 0.459 e. The molecule has 0 aliphatic heterocycles. The van der Waals surface area contributed by atoms with Gasteiger partial charge in [-0.25, -0.2) is 9.59 Å². The fraction of sp³-hybridized carbons (Fsp3) is 0.619. The second-order valence-electron chi connectivity index (χ2n) is 7.59. The number of carbonyl (C=O) groups is 2. The summed E-state index contributed by atoms with van der Waals surface area (Å²) in [5.41, 5.74) is 0.365. The van der Waals surface area contributed by atoms with Crippen molar-refractivity contribution < 1.29 is 19.1 Å². The molecule has 0 bridgehead atoms. The molecule has 3 unspecified atom stereocenters. The molecule has 142 valence electrons. The van der Waals surface area contributed by atoms with Gasteiger partial charge in [0.1, 0.15) is 12.2 Å². The van der Waals surface area contributed by atoms with Gasteiger partial charge in [0.25, 0.3) is 0 Å². The van der Waals surface area contributed by atoms with Crippen LogP contribution in [0.1, 0.15) is 61.3 Å². The van der Waals surface area contributed by atoms with Crippen molar-refractivity contribution in [1.29, 1.82) is 0 Å². The second kappa shape index (κ2) is 9.79. The number of esters is 2. The molecule has 0 saturated heterocycles. The third kappa shape index (κ3) is 7.45. The quantitative estimate of drug-likeness (QED) is 0.417. The van der Waals surface area contributed by atoms with Crippen LogP contribution in [0.4, 0.5) is 0 Å². The van der Waals surface area contributed by atoms with Gasteiger partial charge in [0.2, 0.25) is 0 Å². The van der Waals surface area contributed by atoms with Crippen molar-refractivity contribution in [3.05, 3.63) is 37.1 Å². The summed E-state index contributed by atoms with van der Waals surface area (Å²) in [5, 5.41) is 0. The van der Waals surface area contributed by atoms with Crippen LogP contribution in [-0.2, 0) is 19.1 Å². The van der Waals surface area contributed by atoms with Crippen molar-refractivity contribution in [2.75, 3.05) is 0 Å². The van der Waals surface area contributed by atoms with Gasteiger partial charge in [0.15, 0.2) is 0 Å². The maximum atomic E-state index is 11.9. The third-order valence-corrected chi connectivity index (χ3v) is 4.27. The van der Waals surface area contributed by atoms with Gasteiger partial charge in [-0.3, -0.25) is 0 Å². The van der Waals surface area contributed by atoms with Crippen LogP contribution in [0.25, 0.3) is 0 Å². The molecule has 2 radical (unpaired) electrons. The van der Waals surface area contributed by atoms with Gasteiger partial charge in [-0.1, -0.05) is 47.3 Å². The summed E-state index contributed by atoms with van der Waals surface area (Å²) in [4.78, 5) is 23.9. The monoisotopic (exact) mass is 350 g/mol. The summed E-state index contributed by atoms with van der Waals surface area (Å²) in [7, 11) is 0. The first-order valence-electron chi connectivity index (χ1n) is 8.72. The molecule has 0 aromatic rings. The minimum absolute atomic E-state index is 0.305. The highest BCUT2D eigenvalue weighted by Gasteiger charge is 2.42. The fourth-order valence-corrected chi connectivity index (χ4v) is 3.17. The SMILES string of the molecule is [CH2]CC(C)CC(C)(C)[C](C(C)OC(=O)C(=C)C)C(C)OC(=O)C(=C)C. The van der Waals surface area contributed by atoms with Gasteiger partial charge in [-0.05, 0) is 45.4 Å². The van der Waals surface area contributed by atoms with E-state index in [1.807, 2.05) is 0 Å². The van der Waals surface area contributed by atoms with Crippen LogP contribution in [0, 0.1) is 24.2 Å². The summed E-state index contributed by atoms with van der Waals surface area (Å²) < 4.78 is 11.1. The van der Waals surface area contributed by atoms with Crippen LogP contribution in [-0.4, -0.2) is 24.1 Å². The molecule has 0 fully saturated rings. The number of carbonyl (C=O) groups excluding carboxylic acids is 2. The smallest absolute Gasteiger partial charge is 0.333 e. The molecule has 3 atom stereocenters. The van der Waals surface area contributed by atoms with E-state index >= 15 is 0 Å². The molecule has 4 nitrogen and oxygen atoms in total. The zero-order chi connectivity index (χ0) is 19.9. The zero-order valence-corrected chi connectivity index (χ0v) is 16.9. The van der Waals surface area contributed by atoms with E-state index in [2.05, 4.69) is 40.9 Å². The average Bonchev–Trinajstić information content (AvgIpc) is 2.45. The Kier molecular flexibility index (Phi) is 9.17. The highest BCUT2D eigenvalue weighted by Crippen LogP contribution is 2.42. The second-order valence-corrected chi connectivity index (χ2v) is 7.59. The first-order valence-corrected chi connectivity index (χ1v) is 8.72. The van der Waals surface area contributed by atoms with E-state index in [1.54, 1.807) is 27.7 Å². The lowest BCUT2D eigenvalue weighted by molar-refractivity contribution is -0.148. The molecule has 0 saturated carbocycles. The predicted octanol–water partition coefficient (Wildman–Crippen LogP) is 4.85. The molecule has 0 aromatic heterocycles. The van der Waals surface area contributed by atoms with Gasteiger partial charge in [0.05, 0.1) is 5.92 Å². The van der Waals surface area contributed by atoms with Gasteiger partial charge in [-0.15, -0.1) is 0 Å². The molecule has 0 spiro atoms. The third-order valence-electron chi connectivity index (χ3n) is 4.27. The van der Waals surface area contributed by atoms with E-state index < -0.39 is 24.1 Å². The highest BCUT2D eigenvalue weighted by atomic mass is 16.6. The average molecular weight is 350 g/mol. The number of hydrogen-bond donors (Lipinski definition) is 0. The van der Waals surface area contributed by atoms with Crippen LogP contribution < -0.4 is 0 Å². The van der Waals surface area contributed by atoms with Crippen molar-refractivity contribution in [3.8, 4) is 0 Å². The predicted molar refractivity (Wildman–Crippen MR) is 102 cm³/mol. The van der Waals surface area contributed by atoms with Crippen molar-refractivity contribution in [3.63, 3.8) is 0 Å². The lowest BCUT2D eigenvalue weighted by atomic mass is 9.68. The normalized spacial score (nSPS) is 15.2. The molecular formula is C21H34O4. The van der Waals surface area contributed by atoms with Gasteiger partial charge in [-0.2, -0.15) is 0 Å². The topological polar surface area (TPSA) is 52.6 Å². The number of hydrogen-bond acceptors (Lipinski definition) is 4. The molecule has 4 heteroatoms. The first kappa shape index (κ1) is 23.4. The zero-order valence-electron chi connectivity index (χ0n) is 16.9. The van der Waals surface area contributed by atoms with Crippen molar-refractivity contribution in [1.82, 2.24) is 0 Å². The molecule has 0 N–H and O–H groups in total. The van der Waals surface area contributed by atoms with E-state index in [1.165, 1.54) is 0 Å². The van der Waals surface area contributed by atoms with Crippen LogP contribution in [0.15, 0.2) is 24.3 Å². The van der Waals surface area contributed by atoms with Crippen molar-refractivity contribution >= 4 is 11.9 Å². The van der Waals surface area contributed by atoms with E-state index in [4.69, 9.17) is 9.47 Å². The summed E-state index contributed by atoms with van der Waals surface area (Å²) in [6, 6.07) is 0. The van der Waals surface area contributed by atoms with Gasteiger partial charge >= 0.3 is 11.9 Å². The fourth-order valence-electron chi connectivity index (χ4n) is 3.17. The van der Waals surface area contributed by atoms with Gasteiger partial charge < -0.3 is 9.47 Å². The molecule has 0 aromatic carbocycles. The molecule has 0 amide bonds. The lowest BCUT2D eigenvalue weighted by Gasteiger charge is -2.41. The summed E-state index contributed by atoms with van der Waals surface area (Å²) in [6.07, 6.45) is 0.625.